The second kappa shape index (κ2) is 43.3. The van der Waals surface area contributed by atoms with Crippen LogP contribution in [-0.4, -0.2) is 46.1 Å². The maximum atomic E-state index is 12.4. The number of rotatable bonds is 42. The van der Waals surface area contributed by atoms with E-state index in [4.69, 9.17) is 0 Å². The van der Waals surface area contributed by atoms with Crippen LogP contribution in [-0.2, 0) is 4.79 Å². The minimum atomic E-state index is -1.17. The number of hydrogen-bond acceptors (Lipinski definition) is 4. The van der Waals surface area contributed by atoms with Crippen molar-refractivity contribution >= 4 is 5.91 Å². The number of hydrogen-bond donors (Lipinski definition) is 4. The molecule has 0 heterocycles. The normalized spacial score (nSPS) is 13.8. The zero-order valence-corrected chi connectivity index (χ0v) is 35.4. The highest BCUT2D eigenvalue weighted by molar-refractivity contribution is 5.76. The van der Waals surface area contributed by atoms with E-state index in [0.29, 0.717) is 12.8 Å². The lowest BCUT2D eigenvalue weighted by atomic mass is 10.0. The van der Waals surface area contributed by atoms with Gasteiger partial charge in [-0.2, -0.15) is 0 Å². The van der Waals surface area contributed by atoms with Crippen molar-refractivity contribution in [3.8, 4) is 0 Å². The molecule has 0 aromatic rings. The molecule has 5 heteroatoms. The van der Waals surface area contributed by atoms with Crippen LogP contribution in [0, 0.1) is 0 Å². The first kappa shape index (κ1) is 51.6. The Labute approximate surface area is 330 Å². The third-order valence-electron chi connectivity index (χ3n) is 10.7. The lowest BCUT2D eigenvalue weighted by molar-refractivity contribution is -0.124. The summed E-state index contributed by atoms with van der Waals surface area (Å²) < 4.78 is 0. The van der Waals surface area contributed by atoms with Gasteiger partial charge < -0.3 is 20.6 Å². The SMILES string of the molecule is CCCCCCCCC/C=C\CCCCCCCC(=O)NC(CO)C(O)C(O)CCC/C=C/CC/C=C/CCCCCCCCCCCCCCCC. The molecule has 0 radical (unpaired) electrons. The first-order valence-electron chi connectivity index (χ1n) is 23.3. The molecule has 0 aliphatic carbocycles. The molecule has 0 aromatic carbocycles. The van der Waals surface area contributed by atoms with E-state index < -0.39 is 18.2 Å². The molecule has 0 fully saturated rings. The fourth-order valence-corrected chi connectivity index (χ4v) is 7.06. The van der Waals surface area contributed by atoms with E-state index >= 15 is 0 Å². The van der Waals surface area contributed by atoms with Gasteiger partial charge in [-0.05, 0) is 77.0 Å². The summed E-state index contributed by atoms with van der Waals surface area (Å²) in [5.74, 6) is -0.167. The Hall–Kier alpha value is -1.43. The number of amides is 1. The number of aliphatic hydroxyl groups excluding tert-OH is 3. The van der Waals surface area contributed by atoms with E-state index in [2.05, 4.69) is 55.6 Å². The first-order valence-corrected chi connectivity index (χ1v) is 23.3. The molecule has 53 heavy (non-hydrogen) atoms. The molecule has 0 aromatic heterocycles. The van der Waals surface area contributed by atoms with Crippen LogP contribution in [0.3, 0.4) is 0 Å². The Morgan fingerprint density at radius 1 is 0.453 bits per heavy atom. The maximum Gasteiger partial charge on any atom is 0.220 e. The summed E-state index contributed by atoms with van der Waals surface area (Å²) in [5.41, 5.74) is 0. The minimum Gasteiger partial charge on any atom is -0.394 e. The summed E-state index contributed by atoms with van der Waals surface area (Å²) >= 11 is 0. The van der Waals surface area contributed by atoms with E-state index in [1.165, 1.54) is 161 Å². The lowest BCUT2D eigenvalue weighted by Crippen LogP contribution is -2.50. The fraction of sp³-hybridized carbons (Fsp3) is 0.854. The average molecular weight is 746 g/mol. The molecule has 0 spiro atoms. The summed E-state index contributed by atoms with van der Waals surface area (Å²) in [5, 5.41) is 33.5. The van der Waals surface area contributed by atoms with Crippen molar-refractivity contribution in [3.05, 3.63) is 36.5 Å². The Bertz CT molecular complexity index is 824. The first-order chi connectivity index (χ1) is 26.1. The molecule has 0 saturated carbocycles. The summed E-state index contributed by atoms with van der Waals surface area (Å²) in [6, 6.07) is -0.836. The van der Waals surface area contributed by atoms with Crippen molar-refractivity contribution in [3.63, 3.8) is 0 Å². The predicted molar refractivity (Wildman–Crippen MR) is 231 cm³/mol. The van der Waals surface area contributed by atoms with Gasteiger partial charge in [0.1, 0.15) is 6.10 Å². The summed E-state index contributed by atoms with van der Waals surface area (Å²) in [6.45, 7) is 4.16. The molecule has 312 valence electrons. The predicted octanol–water partition coefficient (Wildman–Crippen LogP) is 13.5. The zero-order chi connectivity index (χ0) is 38.7. The molecule has 5 nitrogen and oxygen atoms in total. The monoisotopic (exact) mass is 746 g/mol. The topological polar surface area (TPSA) is 89.8 Å². The molecule has 0 aliphatic rings. The van der Waals surface area contributed by atoms with E-state index in [1.54, 1.807) is 0 Å². The van der Waals surface area contributed by atoms with Crippen LogP contribution in [0.2, 0.25) is 0 Å². The Morgan fingerprint density at radius 3 is 1.15 bits per heavy atom. The van der Waals surface area contributed by atoms with Crippen LogP contribution in [0.15, 0.2) is 36.5 Å². The highest BCUT2D eigenvalue weighted by Crippen LogP contribution is 2.15. The third kappa shape index (κ3) is 38.6. The van der Waals surface area contributed by atoms with Gasteiger partial charge in [-0.15, -0.1) is 0 Å². The van der Waals surface area contributed by atoms with Crippen molar-refractivity contribution in [1.29, 1.82) is 0 Å². The highest BCUT2D eigenvalue weighted by atomic mass is 16.3. The van der Waals surface area contributed by atoms with Crippen LogP contribution in [0.1, 0.15) is 239 Å². The number of allylic oxidation sites excluding steroid dienone is 6. The average Bonchev–Trinajstić information content (AvgIpc) is 3.16. The van der Waals surface area contributed by atoms with Crippen molar-refractivity contribution < 1.29 is 20.1 Å². The molecule has 1 amide bonds. The smallest absolute Gasteiger partial charge is 0.220 e. The van der Waals surface area contributed by atoms with Crippen molar-refractivity contribution in [2.24, 2.45) is 0 Å². The number of unbranched alkanes of at least 4 members (excludes halogenated alkanes) is 28. The number of carbonyl (C=O) groups excluding carboxylic acids is 1. The zero-order valence-electron chi connectivity index (χ0n) is 35.4. The van der Waals surface area contributed by atoms with E-state index in [0.717, 1.165) is 51.4 Å². The van der Waals surface area contributed by atoms with Gasteiger partial charge in [0, 0.05) is 6.42 Å². The number of aliphatic hydroxyl groups is 3. The molecule has 0 saturated heterocycles. The number of nitrogens with one attached hydrogen (secondary N) is 1. The largest absolute Gasteiger partial charge is 0.394 e. The van der Waals surface area contributed by atoms with Crippen molar-refractivity contribution in [2.45, 2.75) is 257 Å². The Morgan fingerprint density at radius 2 is 0.774 bits per heavy atom. The molecule has 3 unspecified atom stereocenters. The summed E-state index contributed by atoms with van der Waals surface area (Å²) in [6.07, 6.45) is 54.1. The van der Waals surface area contributed by atoms with Crippen LogP contribution >= 0.6 is 0 Å². The van der Waals surface area contributed by atoms with Gasteiger partial charge in [-0.25, -0.2) is 0 Å². The van der Waals surface area contributed by atoms with Crippen molar-refractivity contribution in [1.82, 2.24) is 5.32 Å². The van der Waals surface area contributed by atoms with Crippen LogP contribution < -0.4 is 5.32 Å². The van der Waals surface area contributed by atoms with Crippen LogP contribution in [0.5, 0.6) is 0 Å². The number of carbonyl (C=O) groups is 1. The van der Waals surface area contributed by atoms with Crippen LogP contribution in [0.25, 0.3) is 0 Å². The van der Waals surface area contributed by atoms with Gasteiger partial charge in [-0.1, -0.05) is 192 Å². The van der Waals surface area contributed by atoms with Gasteiger partial charge >= 0.3 is 0 Å². The lowest BCUT2D eigenvalue weighted by Gasteiger charge is -2.26. The highest BCUT2D eigenvalue weighted by Gasteiger charge is 2.26. The van der Waals surface area contributed by atoms with Gasteiger partial charge in [0.15, 0.2) is 0 Å². The summed E-state index contributed by atoms with van der Waals surface area (Å²) in [4.78, 5) is 12.4. The van der Waals surface area contributed by atoms with E-state index in [1.807, 2.05) is 0 Å². The molecule has 0 aliphatic heterocycles. The quantitative estimate of drug-likeness (QED) is 0.0370. The summed E-state index contributed by atoms with van der Waals surface area (Å²) in [7, 11) is 0. The van der Waals surface area contributed by atoms with Gasteiger partial charge in [0.25, 0.3) is 0 Å². The van der Waals surface area contributed by atoms with E-state index in [9.17, 15) is 20.1 Å². The maximum absolute atomic E-state index is 12.4. The Balaban J connectivity index is 3.68. The van der Waals surface area contributed by atoms with Gasteiger partial charge in [0.05, 0.1) is 18.8 Å². The molecule has 0 bridgehead atoms. The molecule has 0 rings (SSSR count). The third-order valence-corrected chi connectivity index (χ3v) is 10.7. The fourth-order valence-electron chi connectivity index (χ4n) is 7.06. The second-order valence-corrected chi connectivity index (χ2v) is 15.9. The van der Waals surface area contributed by atoms with Gasteiger partial charge in [-0.3, -0.25) is 4.79 Å². The second-order valence-electron chi connectivity index (χ2n) is 15.9. The van der Waals surface area contributed by atoms with E-state index in [-0.39, 0.29) is 12.5 Å². The Kier molecular flexibility index (Phi) is 42.1. The van der Waals surface area contributed by atoms with Gasteiger partial charge in [0.2, 0.25) is 5.91 Å². The minimum absolute atomic E-state index is 0.167. The molecular formula is C48H91NO4. The van der Waals surface area contributed by atoms with Crippen LogP contribution in [0.4, 0.5) is 0 Å². The molecule has 4 N–H and O–H groups in total. The molecule has 3 atom stereocenters. The standard InChI is InChI=1S/C48H91NO4/c1-3-5-7-9-11-13-15-17-19-21-22-23-24-25-26-27-28-30-32-34-36-38-40-42-46(51)48(53)45(44-50)49-47(52)43-41-39-37-35-33-31-29-20-18-16-14-12-10-8-6-4-2/h20,27-29,34,36,45-46,48,50-51,53H,3-19,21-26,30-33,35,37-44H2,1-2H3,(H,49,52)/b28-27+,29-20-,36-34+. The molecular weight excluding hydrogens is 655 g/mol. The van der Waals surface area contributed by atoms with Crippen molar-refractivity contribution in [2.75, 3.05) is 6.61 Å².